The van der Waals surface area contributed by atoms with Crippen LogP contribution in [0, 0.1) is 0 Å². The molecule has 0 spiro atoms. The van der Waals surface area contributed by atoms with Gasteiger partial charge < -0.3 is 9.13 Å². The second-order valence-corrected chi connectivity index (χ2v) is 13.0. The molecule has 234 valence electrons. The van der Waals surface area contributed by atoms with E-state index in [1.807, 2.05) is 0 Å². The normalized spacial score (nSPS) is 11.6. The van der Waals surface area contributed by atoms with Crippen molar-refractivity contribution in [1.29, 1.82) is 0 Å². The minimum absolute atomic E-state index is 1.15. The molecular weight excluding hydrogens is 605 g/mol. The predicted molar refractivity (Wildman–Crippen MR) is 211 cm³/mol. The molecule has 2 heteroatoms. The number of benzene rings is 8. The molecule has 0 saturated carbocycles. The van der Waals surface area contributed by atoms with Crippen molar-refractivity contribution in [3.8, 4) is 44.8 Å². The van der Waals surface area contributed by atoms with Crippen molar-refractivity contribution in [2.24, 2.45) is 0 Å². The van der Waals surface area contributed by atoms with E-state index in [0.717, 1.165) is 11.4 Å². The van der Waals surface area contributed by atoms with Gasteiger partial charge in [-0.1, -0.05) is 140 Å². The molecule has 0 fully saturated rings. The molecule has 0 bridgehead atoms. The van der Waals surface area contributed by atoms with Crippen LogP contribution in [0.2, 0.25) is 0 Å². The van der Waals surface area contributed by atoms with E-state index in [1.54, 1.807) is 0 Å². The number of hydrogen-bond donors (Lipinski definition) is 0. The molecule has 0 aliphatic rings. The Kier molecular flexibility index (Phi) is 6.53. The Bertz CT molecular complexity index is 2840. The van der Waals surface area contributed by atoms with Gasteiger partial charge in [-0.25, -0.2) is 0 Å². The average molecular weight is 637 g/mol. The Morgan fingerprint density at radius 1 is 0.240 bits per heavy atom. The highest BCUT2D eigenvalue weighted by Crippen LogP contribution is 2.42. The van der Waals surface area contributed by atoms with E-state index in [4.69, 9.17) is 0 Å². The van der Waals surface area contributed by atoms with E-state index in [2.05, 4.69) is 203 Å². The van der Waals surface area contributed by atoms with Gasteiger partial charge >= 0.3 is 0 Å². The minimum Gasteiger partial charge on any atom is -0.309 e. The number of fused-ring (bicyclic) bond motifs is 7. The first kappa shape index (κ1) is 28.4. The summed E-state index contributed by atoms with van der Waals surface area (Å²) in [6.07, 6.45) is 0. The third kappa shape index (κ3) is 4.50. The summed E-state index contributed by atoms with van der Waals surface area (Å²) in [5, 5.41) is 5.09. The summed E-state index contributed by atoms with van der Waals surface area (Å²) in [7, 11) is 0. The second kappa shape index (κ2) is 11.5. The van der Waals surface area contributed by atoms with Crippen LogP contribution in [0.1, 0.15) is 0 Å². The number of hydrogen-bond acceptors (Lipinski definition) is 0. The predicted octanol–water partition coefficient (Wildman–Crippen LogP) is 12.9. The van der Waals surface area contributed by atoms with Crippen LogP contribution in [0.25, 0.3) is 88.4 Å². The summed E-state index contributed by atoms with van der Waals surface area (Å²) in [6, 6.07) is 70.3. The largest absolute Gasteiger partial charge is 0.309 e. The van der Waals surface area contributed by atoms with Crippen LogP contribution in [-0.2, 0) is 0 Å². The fourth-order valence-electron chi connectivity index (χ4n) is 7.84. The smallest absolute Gasteiger partial charge is 0.0548 e. The van der Waals surface area contributed by atoms with E-state index < -0.39 is 0 Å². The first-order valence-corrected chi connectivity index (χ1v) is 17.2. The summed E-state index contributed by atoms with van der Waals surface area (Å²) in [5.74, 6) is 0. The Hall–Kier alpha value is -6.64. The number of para-hydroxylation sites is 2. The molecule has 0 N–H and O–H groups in total. The third-order valence-electron chi connectivity index (χ3n) is 10.1. The molecule has 50 heavy (non-hydrogen) atoms. The highest BCUT2D eigenvalue weighted by atomic mass is 15.0. The standard InChI is InChI=1S/C48H32N2/c1-3-13-33(14-4-1)36-17-11-18-37(31-36)35-25-27-39(28-26-35)49-43-23-9-7-21-41(43)47-45(49)29-30-46-48(47)42-22-8-10-24-44(42)50(46)40-20-12-19-38(32-40)34-15-5-2-6-16-34/h1-32H. The molecule has 2 aromatic heterocycles. The molecule has 2 nitrogen and oxygen atoms in total. The Morgan fingerprint density at radius 2 is 0.660 bits per heavy atom. The fraction of sp³-hybridized carbons (Fsp3) is 0. The number of rotatable bonds is 5. The van der Waals surface area contributed by atoms with Gasteiger partial charge in [0.05, 0.1) is 22.1 Å². The van der Waals surface area contributed by atoms with Gasteiger partial charge in [-0.15, -0.1) is 0 Å². The van der Waals surface area contributed by atoms with E-state index in [-0.39, 0.29) is 0 Å². The molecule has 2 heterocycles. The van der Waals surface area contributed by atoms with Crippen LogP contribution in [0.4, 0.5) is 0 Å². The van der Waals surface area contributed by atoms with Gasteiger partial charge in [-0.3, -0.25) is 0 Å². The molecular formula is C48H32N2. The first-order valence-electron chi connectivity index (χ1n) is 17.2. The lowest BCUT2D eigenvalue weighted by Crippen LogP contribution is -1.95. The SMILES string of the molecule is c1ccc(-c2cccc(-c3ccc(-n4c5ccccc5c5c6c7ccccc7n(-c7cccc(-c8ccccc8)c7)c6ccc54)cc3)c2)cc1. The first-order chi connectivity index (χ1) is 24.8. The quantitative estimate of drug-likeness (QED) is 0.178. The number of nitrogens with zero attached hydrogens (tertiary/aromatic N) is 2. The molecule has 0 atom stereocenters. The summed E-state index contributed by atoms with van der Waals surface area (Å²) in [4.78, 5) is 0. The van der Waals surface area contributed by atoms with Crippen LogP contribution in [0.5, 0.6) is 0 Å². The maximum absolute atomic E-state index is 2.43. The van der Waals surface area contributed by atoms with Crippen molar-refractivity contribution >= 4 is 43.6 Å². The van der Waals surface area contributed by atoms with E-state index in [1.165, 1.54) is 77.0 Å². The summed E-state index contributed by atoms with van der Waals surface area (Å²) in [6.45, 7) is 0. The van der Waals surface area contributed by atoms with Crippen molar-refractivity contribution in [2.45, 2.75) is 0 Å². The third-order valence-corrected chi connectivity index (χ3v) is 10.1. The van der Waals surface area contributed by atoms with Crippen LogP contribution in [-0.4, -0.2) is 9.13 Å². The maximum Gasteiger partial charge on any atom is 0.0548 e. The van der Waals surface area contributed by atoms with Crippen molar-refractivity contribution in [1.82, 2.24) is 9.13 Å². The topological polar surface area (TPSA) is 9.86 Å². The lowest BCUT2D eigenvalue weighted by Gasteiger charge is -2.11. The fourth-order valence-corrected chi connectivity index (χ4v) is 7.84. The van der Waals surface area contributed by atoms with Gasteiger partial charge in [0.25, 0.3) is 0 Å². The zero-order valence-corrected chi connectivity index (χ0v) is 27.4. The van der Waals surface area contributed by atoms with Gasteiger partial charge in [-0.05, 0) is 88.0 Å². The van der Waals surface area contributed by atoms with Crippen LogP contribution in [0.3, 0.4) is 0 Å². The molecule has 8 aromatic carbocycles. The van der Waals surface area contributed by atoms with E-state index in [0.29, 0.717) is 0 Å². The lowest BCUT2D eigenvalue weighted by atomic mass is 9.99. The lowest BCUT2D eigenvalue weighted by molar-refractivity contribution is 1.17. The summed E-state index contributed by atoms with van der Waals surface area (Å²) < 4.78 is 4.86. The highest BCUT2D eigenvalue weighted by Gasteiger charge is 2.20. The van der Waals surface area contributed by atoms with Crippen molar-refractivity contribution in [3.05, 3.63) is 194 Å². The van der Waals surface area contributed by atoms with Gasteiger partial charge in [0.15, 0.2) is 0 Å². The molecule has 10 rings (SSSR count). The second-order valence-electron chi connectivity index (χ2n) is 13.0. The number of aromatic nitrogens is 2. The molecule has 0 aliphatic heterocycles. The van der Waals surface area contributed by atoms with Crippen molar-refractivity contribution in [2.75, 3.05) is 0 Å². The van der Waals surface area contributed by atoms with Crippen LogP contribution < -0.4 is 0 Å². The van der Waals surface area contributed by atoms with Crippen LogP contribution >= 0.6 is 0 Å². The molecule has 10 aromatic rings. The summed E-state index contributed by atoms with van der Waals surface area (Å²) in [5.41, 5.74) is 14.4. The Labute approximate surface area is 290 Å². The van der Waals surface area contributed by atoms with E-state index in [9.17, 15) is 0 Å². The molecule has 0 unspecified atom stereocenters. The molecule has 0 aliphatic carbocycles. The zero-order valence-electron chi connectivity index (χ0n) is 27.4. The maximum atomic E-state index is 2.43. The minimum atomic E-state index is 1.15. The Balaban J connectivity index is 1.16. The summed E-state index contributed by atoms with van der Waals surface area (Å²) >= 11 is 0. The van der Waals surface area contributed by atoms with Gasteiger partial charge in [0.2, 0.25) is 0 Å². The molecule has 0 saturated heterocycles. The van der Waals surface area contributed by atoms with Gasteiger partial charge in [-0.2, -0.15) is 0 Å². The monoisotopic (exact) mass is 636 g/mol. The molecule has 0 radical (unpaired) electrons. The zero-order chi connectivity index (χ0) is 33.0. The van der Waals surface area contributed by atoms with Crippen LogP contribution in [0.15, 0.2) is 194 Å². The average Bonchev–Trinajstić information content (AvgIpc) is 3.72. The molecule has 0 amide bonds. The van der Waals surface area contributed by atoms with Crippen molar-refractivity contribution < 1.29 is 0 Å². The van der Waals surface area contributed by atoms with Gasteiger partial charge in [0, 0.05) is 32.9 Å². The van der Waals surface area contributed by atoms with E-state index >= 15 is 0 Å². The Morgan fingerprint density at radius 3 is 1.22 bits per heavy atom. The highest BCUT2D eigenvalue weighted by molar-refractivity contribution is 6.28. The van der Waals surface area contributed by atoms with Crippen molar-refractivity contribution in [3.63, 3.8) is 0 Å². The van der Waals surface area contributed by atoms with Gasteiger partial charge in [0.1, 0.15) is 0 Å².